The minimum Gasteiger partial charge on any atom is -0.384 e. The summed E-state index contributed by atoms with van der Waals surface area (Å²) in [5, 5.41) is 3.35. The van der Waals surface area contributed by atoms with Gasteiger partial charge in [0.2, 0.25) is 0 Å². The third kappa shape index (κ3) is 4.03. The van der Waals surface area contributed by atoms with Gasteiger partial charge in [0.15, 0.2) is 5.82 Å². The highest BCUT2D eigenvalue weighted by Gasteiger charge is 2.21. The van der Waals surface area contributed by atoms with E-state index >= 15 is 0 Å². The van der Waals surface area contributed by atoms with Crippen LogP contribution in [0.1, 0.15) is 5.82 Å². The number of hydrogen-bond donors (Lipinski definition) is 2. The van der Waals surface area contributed by atoms with Crippen molar-refractivity contribution >= 4 is 11.6 Å². The Morgan fingerprint density at radius 2 is 2.20 bits per heavy atom. The molecule has 0 aliphatic carbocycles. The largest absolute Gasteiger partial charge is 0.384 e. The zero-order valence-electron chi connectivity index (χ0n) is 12.5. The molecule has 0 radical (unpaired) electrons. The summed E-state index contributed by atoms with van der Waals surface area (Å²) < 4.78 is 5.04. The fourth-order valence-corrected chi connectivity index (χ4v) is 2.35. The standard InChI is InChI=1S/C13H24N6O/c1-18-4-5-19(2)10(8-18)7-15-12-6-11(14)16-13(17-12)9-20-3/h6,10H,4-5,7-9H2,1-3H3,(H3,14,15,16,17). The number of methoxy groups -OCH3 is 1. The Morgan fingerprint density at radius 1 is 1.40 bits per heavy atom. The normalized spacial score (nSPS) is 21.1. The van der Waals surface area contributed by atoms with Gasteiger partial charge < -0.3 is 20.7 Å². The van der Waals surface area contributed by atoms with E-state index in [1.165, 1.54) is 0 Å². The molecule has 1 fully saturated rings. The van der Waals surface area contributed by atoms with Crippen molar-refractivity contribution in [3.8, 4) is 0 Å². The lowest BCUT2D eigenvalue weighted by Crippen LogP contribution is -2.52. The third-order valence-corrected chi connectivity index (χ3v) is 3.56. The van der Waals surface area contributed by atoms with Crippen LogP contribution in [0.5, 0.6) is 0 Å². The van der Waals surface area contributed by atoms with Crippen molar-refractivity contribution in [3.63, 3.8) is 0 Å². The van der Waals surface area contributed by atoms with Gasteiger partial charge in [-0.1, -0.05) is 0 Å². The number of nitrogens with two attached hydrogens (primary N) is 1. The first-order valence-corrected chi connectivity index (χ1v) is 6.83. The summed E-state index contributed by atoms with van der Waals surface area (Å²) in [7, 11) is 5.93. The number of rotatable bonds is 5. The predicted molar refractivity (Wildman–Crippen MR) is 79.6 cm³/mol. The lowest BCUT2D eigenvalue weighted by molar-refractivity contribution is 0.122. The van der Waals surface area contributed by atoms with Gasteiger partial charge in [-0.2, -0.15) is 0 Å². The molecule has 1 saturated heterocycles. The summed E-state index contributed by atoms with van der Waals surface area (Å²) in [5.41, 5.74) is 5.78. The minimum absolute atomic E-state index is 0.367. The summed E-state index contributed by atoms with van der Waals surface area (Å²) in [6, 6.07) is 2.22. The first-order valence-electron chi connectivity index (χ1n) is 6.83. The number of nitrogen functional groups attached to an aromatic ring is 1. The van der Waals surface area contributed by atoms with E-state index in [0.29, 0.717) is 24.3 Å². The molecule has 1 aromatic rings. The number of ether oxygens (including phenoxy) is 1. The second-order valence-electron chi connectivity index (χ2n) is 5.30. The molecule has 3 N–H and O–H groups in total. The molecule has 2 heterocycles. The molecule has 7 nitrogen and oxygen atoms in total. The van der Waals surface area contributed by atoms with Crippen LogP contribution in [0.4, 0.5) is 11.6 Å². The van der Waals surface area contributed by atoms with E-state index in [4.69, 9.17) is 10.5 Å². The fourth-order valence-electron chi connectivity index (χ4n) is 2.35. The number of piperazine rings is 1. The van der Waals surface area contributed by atoms with Crippen LogP contribution < -0.4 is 11.1 Å². The molecule has 0 amide bonds. The average molecular weight is 280 g/mol. The maximum Gasteiger partial charge on any atom is 0.158 e. The Kier molecular flexibility index (Phi) is 5.11. The monoisotopic (exact) mass is 280 g/mol. The molecular formula is C13H24N6O. The predicted octanol–water partition coefficient (Wildman–Crippen LogP) is -0.137. The first kappa shape index (κ1) is 15.0. The van der Waals surface area contributed by atoms with Crippen LogP contribution in [-0.2, 0) is 11.3 Å². The second kappa shape index (κ2) is 6.83. The van der Waals surface area contributed by atoms with Crippen molar-refractivity contribution in [1.29, 1.82) is 0 Å². The molecule has 112 valence electrons. The van der Waals surface area contributed by atoms with E-state index in [1.807, 2.05) is 0 Å². The molecule has 2 rings (SSSR count). The average Bonchev–Trinajstić information content (AvgIpc) is 2.40. The quantitative estimate of drug-likeness (QED) is 0.777. The van der Waals surface area contributed by atoms with E-state index < -0.39 is 0 Å². The number of nitrogens with one attached hydrogen (secondary N) is 1. The Bertz CT molecular complexity index is 441. The number of nitrogens with zero attached hydrogens (tertiary/aromatic N) is 4. The Balaban J connectivity index is 1.95. The van der Waals surface area contributed by atoms with Gasteiger partial charge in [-0.25, -0.2) is 9.97 Å². The Hall–Kier alpha value is -1.44. The highest BCUT2D eigenvalue weighted by Crippen LogP contribution is 2.11. The topological polar surface area (TPSA) is 79.5 Å². The van der Waals surface area contributed by atoms with Gasteiger partial charge in [-0.15, -0.1) is 0 Å². The molecule has 0 bridgehead atoms. The van der Waals surface area contributed by atoms with Gasteiger partial charge in [0.25, 0.3) is 0 Å². The maximum atomic E-state index is 5.78. The molecule has 0 aromatic carbocycles. The first-order chi connectivity index (χ1) is 9.58. The second-order valence-corrected chi connectivity index (χ2v) is 5.30. The van der Waals surface area contributed by atoms with Crippen molar-refractivity contribution in [1.82, 2.24) is 19.8 Å². The molecule has 20 heavy (non-hydrogen) atoms. The third-order valence-electron chi connectivity index (χ3n) is 3.56. The van der Waals surface area contributed by atoms with Crippen LogP contribution in [0.3, 0.4) is 0 Å². The highest BCUT2D eigenvalue weighted by molar-refractivity contribution is 5.44. The van der Waals surface area contributed by atoms with Gasteiger partial charge in [0, 0.05) is 45.4 Å². The molecule has 1 atom stereocenters. The zero-order chi connectivity index (χ0) is 14.5. The number of aromatic nitrogens is 2. The van der Waals surface area contributed by atoms with Crippen molar-refractivity contribution < 1.29 is 4.74 Å². The van der Waals surface area contributed by atoms with Crippen LogP contribution in [0.25, 0.3) is 0 Å². The number of likely N-dealkylation sites (N-methyl/N-ethyl adjacent to an activating group) is 2. The van der Waals surface area contributed by atoms with Crippen molar-refractivity contribution in [2.75, 3.05) is 58.4 Å². The van der Waals surface area contributed by atoms with Gasteiger partial charge in [-0.05, 0) is 14.1 Å². The van der Waals surface area contributed by atoms with Gasteiger partial charge in [-0.3, -0.25) is 4.90 Å². The lowest BCUT2D eigenvalue weighted by atomic mass is 10.2. The maximum absolute atomic E-state index is 5.78. The van der Waals surface area contributed by atoms with Crippen molar-refractivity contribution in [2.24, 2.45) is 0 Å². The lowest BCUT2D eigenvalue weighted by Gasteiger charge is -2.37. The van der Waals surface area contributed by atoms with E-state index in [-0.39, 0.29) is 0 Å². The van der Waals surface area contributed by atoms with Gasteiger partial charge in [0.05, 0.1) is 0 Å². The van der Waals surface area contributed by atoms with Crippen LogP contribution in [0, 0.1) is 0 Å². The summed E-state index contributed by atoms with van der Waals surface area (Å²) in [6.07, 6.45) is 0. The van der Waals surface area contributed by atoms with Crippen LogP contribution in [0.2, 0.25) is 0 Å². The SMILES string of the molecule is COCc1nc(N)cc(NCC2CN(C)CCN2C)n1. The molecule has 1 aromatic heterocycles. The van der Waals surface area contributed by atoms with Crippen molar-refractivity contribution in [2.45, 2.75) is 12.6 Å². The smallest absolute Gasteiger partial charge is 0.158 e. The molecule has 1 unspecified atom stereocenters. The van der Waals surface area contributed by atoms with Crippen LogP contribution in [-0.4, -0.2) is 73.2 Å². The van der Waals surface area contributed by atoms with Gasteiger partial charge >= 0.3 is 0 Å². The van der Waals surface area contributed by atoms with Crippen molar-refractivity contribution in [3.05, 3.63) is 11.9 Å². The van der Waals surface area contributed by atoms with E-state index in [9.17, 15) is 0 Å². The fraction of sp³-hybridized carbons (Fsp3) is 0.692. The molecule has 0 spiro atoms. The summed E-state index contributed by atoms with van der Waals surface area (Å²) >= 11 is 0. The summed E-state index contributed by atoms with van der Waals surface area (Å²) in [4.78, 5) is 13.2. The van der Waals surface area contributed by atoms with Crippen LogP contribution >= 0.6 is 0 Å². The Morgan fingerprint density at radius 3 is 2.95 bits per heavy atom. The van der Waals surface area contributed by atoms with E-state index in [1.54, 1.807) is 13.2 Å². The van der Waals surface area contributed by atoms with E-state index in [2.05, 4.69) is 39.2 Å². The number of hydrogen-bond acceptors (Lipinski definition) is 7. The highest BCUT2D eigenvalue weighted by atomic mass is 16.5. The van der Waals surface area contributed by atoms with E-state index in [0.717, 1.165) is 32.0 Å². The molecule has 1 aliphatic rings. The Labute approximate surface area is 120 Å². The summed E-state index contributed by atoms with van der Waals surface area (Å²) in [5.74, 6) is 1.82. The van der Waals surface area contributed by atoms with Gasteiger partial charge in [0.1, 0.15) is 18.2 Å². The number of anilines is 2. The molecule has 7 heteroatoms. The minimum atomic E-state index is 0.367. The molecule has 0 saturated carbocycles. The molecular weight excluding hydrogens is 256 g/mol. The molecule has 1 aliphatic heterocycles. The van der Waals surface area contributed by atoms with Crippen LogP contribution in [0.15, 0.2) is 6.07 Å². The zero-order valence-corrected chi connectivity index (χ0v) is 12.5. The summed E-state index contributed by atoms with van der Waals surface area (Å²) in [6.45, 7) is 4.46.